The second kappa shape index (κ2) is 7.40. The van der Waals surface area contributed by atoms with Gasteiger partial charge in [0, 0.05) is 31.7 Å². The van der Waals surface area contributed by atoms with Crippen LogP contribution in [0.25, 0.3) is 0 Å². The van der Waals surface area contributed by atoms with Crippen molar-refractivity contribution in [3.8, 4) is 0 Å². The first-order chi connectivity index (χ1) is 9.79. The number of hydrogen-bond acceptors (Lipinski definition) is 5. The summed E-state index contributed by atoms with van der Waals surface area (Å²) in [5.41, 5.74) is 0.534. The fourth-order valence-electron chi connectivity index (χ4n) is 2.61. The highest BCUT2D eigenvalue weighted by molar-refractivity contribution is 5.59. The number of rotatable bonds is 8. The normalized spacial score (nSPS) is 11.7. The van der Waals surface area contributed by atoms with Crippen molar-refractivity contribution >= 4 is 11.5 Å². The molecule has 1 aromatic heterocycles. The van der Waals surface area contributed by atoms with Crippen molar-refractivity contribution < 1.29 is 4.92 Å². The molecule has 1 heterocycles. The maximum Gasteiger partial charge on any atom is 0.333 e. The molecule has 0 saturated carbocycles. The van der Waals surface area contributed by atoms with Crippen LogP contribution in [0.15, 0.2) is 0 Å². The number of nitrogens with zero attached hydrogens (tertiary/aromatic N) is 4. The lowest BCUT2D eigenvalue weighted by atomic mass is 10.2. The maximum absolute atomic E-state index is 11.2. The fraction of sp³-hybridized carbons (Fsp3) is 0.786. The van der Waals surface area contributed by atoms with Gasteiger partial charge in [0.15, 0.2) is 0 Å². The lowest BCUT2D eigenvalue weighted by Crippen LogP contribution is -2.40. The van der Waals surface area contributed by atoms with Crippen molar-refractivity contribution in [3.63, 3.8) is 0 Å². The summed E-state index contributed by atoms with van der Waals surface area (Å²) < 4.78 is 1.66. The van der Waals surface area contributed by atoms with Gasteiger partial charge in [-0.1, -0.05) is 0 Å². The molecule has 0 amide bonds. The van der Waals surface area contributed by atoms with E-state index in [1.54, 1.807) is 11.6 Å². The average molecular weight is 297 g/mol. The number of nitrogens with one attached hydrogen (secondary N) is 1. The van der Waals surface area contributed by atoms with E-state index in [1.807, 2.05) is 6.92 Å². The second-order valence-corrected chi connectivity index (χ2v) is 5.71. The quantitative estimate of drug-likeness (QED) is 0.589. The third-order valence-corrected chi connectivity index (χ3v) is 3.57. The van der Waals surface area contributed by atoms with Gasteiger partial charge in [0.25, 0.3) is 0 Å². The molecule has 0 spiro atoms. The first kappa shape index (κ1) is 17.4. The molecule has 0 fully saturated rings. The molecule has 0 radical (unpaired) electrons. The van der Waals surface area contributed by atoms with Crippen molar-refractivity contribution in [2.75, 3.05) is 18.4 Å². The Kier molecular flexibility index (Phi) is 6.14. The summed E-state index contributed by atoms with van der Waals surface area (Å²) in [6, 6.07) is 0.888. The van der Waals surface area contributed by atoms with E-state index in [9.17, 15) is 10.1 Å². The predicted octanol–water partition coefficient (Wildman–Crippen LogP) is 2.65. The molecular weight excluding hydrogens is 270 g/mol. The van der Waals surface area contributed by atoms with Gasteiger partial charge in [-0.2, -0.15) is 5.10 Å². The summed E-state index contributed by atoms with van der Waals surface area (Å²) in [5.74, 6) is 0.507. The van der Waals surface area contributed by atoms with Gasteiger partial charge in [-0.3, -0.25) is 15.0 Å². The molecule has 0 unspecified atom stereocenters. The van der Waals surface area contributed by atoms with Crippen LogP contribution in [-0.2, 0) is 6.54 Å². The minimum absolute atomic E-state index is 0.0810. The molecule has 0 bridgehead atoms. The molecule has 1 rings (SSSR count). The number of nitro groups is 1. The van der Waals surface area contributed by atoms with Crippen molar-refractivity contribution in [2.45, 2.75) is 60.2 Å². The molecule has 0 aliphatic heterocycles. The molecule has 21 heavy (non-hydrogen) atoms. The van der Waals surface area contributed by atoms with E-state index in [1.165, 1.54) is 0 Å². The molecule has 1 aromatic rings. The highest BCUT2D eigenvalue weighted by atomic mass is 16.6. The minimum Gasteiger partial charge on any atom is -0.363 e. The minimum atomic E-state index is -0.362. The summed E-state index contributed by atoms with van der Waals surface area (Å²) in [6.45, 7) is 14.3. The highest BCUT2D eigenvalue weighted by Crippen LogP contribution is 2.27. The van der Waals surface area contributed by atoms with E-state index in [0.29, 0.717) is 36.7 Å². The molecule has 0 aromatic carbocycles. The van der Waals surface area contributed by atoms with E-state index < -0.39 is 0 Å². The van der Waals surface area contributed by atoms with Gasteiger partial charge < -0.3 is 5.32 Å². The Labute approximate surface area is 126 Å². The molecule has 0 saturated heterocycles. The van der Waals surface area contributed by atoms with E-state index in [4.69, 9.17) is 0 Å². The molecule has 7 nitrogen and oxygen atoms in total. The van der Waals surface area contributed by atoms with Crippen molar-refractivity contribution in [2.24, 2.45) is 0 Å². The number of aryl methyl sites for hydroxylation is 2. The van der Waals surface area contributed by atoms with E-state index in [-0.39, 0.29) is 10.6 Å². The zero-order valence-electron chi connectivity index (χ0n) is 13.9. The van der Waals surface area contributed by atoms with Gasteiger partial charge in [-0.05, 0) is 41.5 Å². The smallest absolute Gasteiger partial charge is 0.333 e. The predicted molar refractivity (Wildman–Crippen MR) is 84.8 cm³/mol. The van der Waals surface area contributed by atoms with Crippen LogP contribution in [0, 0.1) is 17.0 Å². The standard InChI is InChI=1S/C14H27N5O2/c1-7-18-14(13(19(20)21)12(6)16-18)15-8-9-17(10(2)3)11(4)5/h10-11,15H,7-9H2,1-6H3. The number of aromatic nitrogens is 2. The van der Waals surface area contributed by atoms with E-state index in [2.05, 4.69) is 43.0 Å². The molecule has 0 atom stereocenters. The van der Waals surface area contributed by atoms with Crippen LogP contribution in [0.2, 0.25) is 0 Å². The lowest BCUT2D eigenvalue weighted by Gasteiger charge is -2.30. The second-order valence-electron chi connectivity index (χ2n) is 5.71. The summed E-state index contributed by atoms with van der Waals surface area (Å²) in [5, 5.41) is 18.6. The largest absolute Gasteiger partial charge is 0.363 e. The van der Waals surface area contributed by atoms with Gasteiger partial charge in [-0.25, -0.2) is 4.68 Å². The first-order valence-electron chi connectivity index (χ1n) is 7.50. The van der Waals surface area contributed by atoms with Gasteiger partial charge in [0.05, 0.1) is 4.92 Å². The van der Waals surface area contributed by atoms with Crippen molar-refractivity contribution in [1.29, 1.82) is 0 Å². The maximum atomic E-state index is 11.2. The van der Waals surface area contributed by atoms with Crippen LogP contribution in [0.1, 0.15) is 40.3 Å². The Morgan fingerprint density at radius 1 is 1.33 bits per heavy atom. The van der Waals surface area contributed by atoms with E-state index in [0.717, 1.165) is 6.54 Å². The van der Waals surface area contributed by atoms with E-state index >= 15 is 0 Å². The summed E-state index contributed by atoms with van der Waals surface area (Å²) in [4.78, 5) is 13.2. The van der Waals surface area contributed by atoms with Crippen LogP contribution in [0.5, 0.6) is 0 Å². The Hall–Kier alpha value is -1.63. The molecule has 120 valence electrons. The third kappa shape index (κ3) is 4.17. The van der Waals surface area contributed by atoms with Crippen LogP contribution >= 0.6 is 0 Å². The number of anilines is 1. The highest BCUT2D eigenvalue weighted by Gasteiger charge is 2.24. The third-order valence-electron chi connectivity index (χ3n) is 3.57. The molecule has 0 aliphatic rings. The Morgan fingerprint density at radius 2 is 1.90 bits per heavy atom. The molecule has 1 N–H and O–H groups in total. The molecule has 0 aliphatic carbocycles. The zero-order valence-corrected chi connectivity index (χ0v) is 13.9. The van der Waals surface area contributed by atoms with Crippen LogP contribution in [0.4, 0.5) is 11.5 Å². The van der Waals surface area contributed by atoms with Crippen molar-refractivity contribution in [3.05, 3.63) is 15.8 Å². The summed E-state index contributed by atoms with van der Waals surface area (Å²) in [7, 11) is 0. The van der Waals surface area contributed by atoms with Gasteiger partial charge in [0.1, 0.15) is 5.69 Å². The van der Waals surface area contributed by atoms with Crippen LogP contribution in [-0.4, -0.2) is 44.8 Å². The first-order valence-corrected chi connectivity index (χ1v) is 7.50. The summed E-state index contributed by atoms with van der Waals surface area (Å²) >= 11 is 0. The van der Waals surface area contributed by atoms with Crippen LogP contribution in [0.3, 0.4) is 0 Å². The zero-order chi connectivity index (χ0) is 16.2. The van der Waals surface area contributed by atoms with Gasteiger partial charge in [0.2, 0.25) is 5.82 Å². The monoisotopic (exact) mass is 297 g/mol. The Morgan fingerprint density at radius 3 is 2.33 bits per heavy atom. The lowest BCUT2D eigenvalue weighted by molar-refractivity contribution is -0.384. The SMILES string of the molecule is CCn1nc(C)c([N+](=O)[O-])c1NCCN(C(C)C)C(C)C. The van der Waals surface area contributed by atoms with Gasteiger partial charge >= 0.3 is 5.69 Å². The van der Waals surface area contributed by atoms with Crippen molar-refractivity contribution in [1.82, 2.24) is 14.7 Å². The Balaban J connectivity index is 2.81. The summed E-state index contributed by atoms with van der Waals surface area (Å²) in [6.07, 6.45) is 0. The molecule has 7 heteroatoms. The molecular formula is C14H27N5O2. The van der Waals surface area contributed by atoms with Gasteiger partial charge in [-0.15, -0.1) is 0 Å². The fourth-order valence-corrected chi connectivity index (χ4v) is 2.61. The number of hydrogen-bond donors (Lipinski definition) is 1. The Bertz CT molecular complexity index is 474. The average Bonchev–Trinajstić information content (AvgIpc) is 2.69. The topological polar surface area (TPSA) is 76.2 Å². The van der Waals surface area contributed by atoms with Crippen LogP contribution < -0.4 is 5.32 Å².